The predicted octanol–water partition coefficient (Wildman–Crippen LogP) is 2.12. The van der Waals surface area contributed by atoms with Gasteiger partial charge in [0.1, 0.15) is 22.8 Å². The Morgan fingerprint density at radius 2 is 1.52 bits per heavy atom. The van der Waals surface area contributed by atoms with E-state index in [2.05, 4.69) is 0 Å². The number of carbonyl (C=O) groups is 3. The zero-order valence-corrected chi connectivity index (χ0v) is 26.2. The number of carbonyl (C=O) groups excluding carboxylic acids is 3. The van der Waals surface area contributed by atoms with E-state index < -0.39 is 75.0 Å². The molecule has 5 atom stereocenters. The Morgan fingerprint density at radius 1 is 1.02 bits per heavy atom. The minimum absolute atomic E-state index is 0. The van der Waals surface area contributed by atoms with E-state index in [1.807, 2.05) is 0 Å². The number of benzene rings is 1. The summed E-state index contributed by atoms with van der Waals surface area (Å²) in [5.74, 6) is -8.30. The molecule has 3 aliphatic rings. The van der Waals surface area contributed by atoms with E-state index in [0.29, 0.717) is 0 Å². The summed E-state index contributed by atoms with van der Waals surface area (Å²) in [6.45, 7) is 1.34. The number of phenolic OH excluding ortho intramolecular Hbond substituents is 1. The average Bonchev–Trinajstić information content (AvgIpc) is 2.69. The molecule has 7 N–H and O–H groups in total. The van der Waals surface area contributed by atoms with Crippen molar-refractivity contribution < 1.29 is 39.9 Å². The normalized spacial score (nSPS) is 27.8. The van der Waals surface area contributed by atoms with Crippen LogP contribution in [-0.4, -0.2) is 73.6 Å². The van der Waals surface area contributed by atoms with Crippen LogP contribution in [0.4, 0.5) is 0 Å². The summed E-state index contributed by atoms with van der Waals surface area (Å²) in [5, 5.41) is 55.2. The van der Waals surface area contributed by atoms with Crippen molar-refractivity contribution >= 4 is 102 Å². The van der Waals surface area contributed by atoms with Gasteiger partial charge in [-0.15, -0.1) is 0 Å². The van der Waals surface area contributed by atoms with Gasteiger partial charge in [-0.3, -0.25) is 19.3 Å². The number of aromatic hydroxyl groups is 1. The molecular weight excluding hydrogens is 640 g/mol. The number of aliphatic hydroxyl groups is 4. The second-order valence-electron chi connectivity index (χ2n) is 9.08. The van der Waals surface area contributed by atoms with Crippen molar-refractivity contribution in [1.29, 1.82) is 0 Å². The Labute approximate surface area is 273 Å². The minimum Gasteiger partial charge on any atom is -0.508 e. The van der Waals surface area contributed by atoms with Gasteiger partial charge in [-0.2, -0.15) is 67.5 Å². The molecular formula is C24H41ClN2O8S5. The average molecular weight is 681 g/mol. The summed E-state index contributed by atoms with van der Waals surface area (Å²) >= 11 is 6.28. The van der Waals surface area contributed by atoms with Crippen LogP contribution in [-0.2, 0) is 20.0 Å². The van der Waals surface area contributed by atoms with Gasteiger partial charge in [0.15, 0.2) is 11.4 Å². The highest BCUT2D eigenvalue weighted by Gasteiger charge is 2.66. The first-order valence-electron chi connectivity index (χ1n) is 10.1. The molecule has 1 fully saturated rings. The van der Waals surface area contributed by atoms with E-state index >= 15 is 0 Å². The summed E-state index contributed by atoms with van der Waals surface area (Å²) in [4.78, 5) is 40.1. The molecule has 232 valence electrons. The van der Waals surface area contributed by atoms with Gasteiger partial charge < -0.3 is 31.3 Å². The molecule has 3 aliphatic carbocycles. The van der Waals surface area contributed by atoms with Crippen LogP contribution in [0.2, 0.25) is 5.02 Å². The topological polar surface area (TPSA) is 182 Å². The lowest BCUT2D eigenvalue weighted by Gasteiger charge is -2.53. The molecule has 0 aliphatic heterocycles. The maximum Gasteiger partial charge on any atom is 0.255 e. The van der Waals surface area contributed by atoms with Crippen molar-refractivity contribution in [2.24, 2.45) is 17.6 Å². The molecule has 0 radical (unpaired) electrons. The first-order chi connectivity index (χ1) is 15.2. The smallest absolute Gasteiger partial charge is 0.255 e. The second-order valence-corrected chi connectivity index (χ2v) is 9.48. The maximum absolute atomic E-state index is 13.7. The van der Waals surface area contributed by atoms with Gasteiger partial charge >= 0.3 is 0 Å². The van der Waals surface area contributed by atoms with Gasteiger partial charge in [-0.1, -0.05) is 26.5 Å². The number of halogens is 1. The highest BCUT2D eigenvalue weighted by Crippen LogP contribution is 2.58. The van der Waals surface area contributed by atoms with Crippen molar-refractivity contribution in [2.45, 2.75) is 45.4 Å². The minimum atomic E-state index is -2.78. The Kier molecular flexibility index (Phi) is 17.0. The fourth-order valence-electron chi connectivity index (χ4n) is 5.58. The van der Waals surface area contributed by atoms with Gasteiger partial charge in [0, 0.05) is 28.0 Å². The van der Waals surface area contributed by atoms with Crippen LogP contribution in [0.3, 0.4) is 0 Å². The number of nitrogens with two attached hydrogens (primary N) is 1. The Morgan fingerprint density at radius 3 is 1.98 bits per heavy atom. The van der Waals surface area contributed by atoms with Gasteiger partial charge in [-0.25, -0.2) is 0 Å². The van der Waals surface area contributed by atoms with Crippen LogP contribution in [0.15, 0.2) is 29.0 Å². The molecule has 0 heterocycles. The second kappa shape index (κ2) is 14.8. The number of ketones is 2. The number of amides is 1. The number of Topliss-reactive ketones (excluding diaryl/α,β-unsaturated/α-hetero) is 2. The zero-order chi connectivity index (χ0) is 24.8. The number of rotatable bonds is 2. The lowest BCUT2D eigenvalue weighted by atomic mass is 9.54. The third kappa shape index (κ3) is 5.86. The van der Waals surface area contributed by atoms with Crippen LogP contribution in [0.5, 0.6) is 5.75 Å². The Bertz CT molecular complexity index is 1220. The number of fused-ring (bicyclic) bond motifs is 3. The van der Waals surface area contributed by atoms with Crippen molar-refractivity contribution in [3.63, 3.8) is 0 Å². The van der Waals surface area contributed by atoms with E-state index in [4.69, 9.17) is 17.3 Å². The molecule has 4 rings (SSSR count). The number of phenols is 1. The van der Waals surface area contributed by atoms with Crippen LogP contribution in [0, 0.1) is 11.8 Å². The van der Waals surface area contributed by atoms with E-state index in [1.54, 1.807) is 0 Å². The molecule has 0 bridgehead atoms. The highest BCUT2D eigenvalue weighted by atomic mass is 35.5. The van der Waals surface area contributed by atoms with Crippen molar-refractivity contribution in [3.8, 4) is 5.75 Å². The quantitative estimate of drug-likeness (QED) is 0.255. The monoisotopic (exact) mass is 680 g/mol. The summed E-state index contributed by atoms with van der Waals surface area (Å²) in [5.41, 5.74) is -1.10. The highest BCUT2D eigenvalue weighted by molar-refractivity contribution is 7.60. The number of likely N-dealkylation sites (N-methyl/N-ethyl adjacent to an activating group) is 1. The van der Waals surface area contributed by atoms with Crippen molar-refractivity contribution in [3.05, 3.63) is 45.2 Å². The summed E-state index contributed by atoms with van der Waals surface area (Å²) < 4.78 is 0. The van der Waals surface area contributed by atoms with E-state index in [0.717, 1.165) is 0 Å². The van der Waals surface area contributed by atoms with E-state index in [-0.39, 0.29) is 105 Å². The van der Waals surface area contributed by atoms with E-state index in [9.17, 15) is 39.9 Å². The molecule has 40 heavy (non-hydrogen) atoms. The summed E-state index contributed by atoms with van der Waals surface area (Å²) in [6, 6.07) is 1.24. The zero-order valence-electron chi connectivity index (χ0n) is 20.5. The van der Waals surface area contributed by atoms with Gasteiger partial charge in [-0.05, 0) is 39.6 Å². The standard InChI is InChI=1S/C22H23ClN2O8.2CH4.5H2S/c1-21(32)7-6-8-15(25(2)3)17(28)13(20(24)31)19(30)22(8,33)18(29)11(7)16(27)12-10(26)5-4-9(23)14(12)21;;;;;;;/h4-5,7-8,15,26-27,30,32-33H,6H2,1-3H3,(H2,24,31);2*1H4;5*1H2/t7-,8-,15-,21-,22-;;;;;;;/m0......./s1. The number of primary amides is 1. The largest absolute Gasteiger partial charge is 0.508 e. The molecule has 0 aromatic heterocycles. The summed E-state index contributed by atoms with van der Waals surface area (Å²) in [7, 11) is 2.97. The SMILES string of the molecule is C.C.CN(C)[C@@H]1C(=O)C(C(N)=O)=C(O)[C@@]2(O)C(=O)C3=C(O)c4c(O)ccc(Cl)c4[C@@](C)(O)[C@H]3C[C@@H]12.S.S.S.S.S. The van der Waals surface area contributed by atoms with Gasteiger partial charge in [0.25, 0.3) is 5.91 Å². The lowest BCUT2D eigenvalue weighted by Crippen LogP contribution is -2.67. The first kappa shape index (κ1) is 45.8. The third-order valence-electron chi connectivity index (χ3n) is 7.07. The van der Waals surface area contributed by atoms with Gasteiger partial charge in [0.05, 0.1) is 17.2 Å². The van der Waals surface area contributed by atoms with Crippen LogP contribution < -0.4 is 5.73 Å². The van der Waals surface area contributed by atoms with Crippen LogP contribution in [0.25, 0.3) is 5.76 Å². The lowest BCUT2D eigenvalue weighted by molar-refractivity contribution is -0.159. The molecule has 0 unspecified atom stereocenters. The van der Waals surface area contributed by atoms with Crippen LogP contribution in [0.1, 0.15) is 39.3 Å². The maximum atomic E-state index is 13.7. The molecule has 0 saturated heterocycles. The molecule has 16 heteroatoms. The molecule has 1 saturated carbocycles. The van der Waals surface area contributed by atoms with Gasteiger partial charge in [0.2, 0.25) is 5.78 Å². The Hall–Kier alpha value is -1.17. The van der Waals surface area contributed by atoms with Crippen molar-refractivity contribution in [2.75, 3.05) is 14.1 Å². The number of hydrogen-bond donors (Lipinski definition) is 6. The fraction of sp³-hybridized carbons (Fsp3) is 0.458. The van der Waals surface area contributed by atoms with Crippen LogP contribution >= 0.6 is 79.1 Å². The summed E-state index contributed by atoms with van der Waals surface area (Å²) in [6.07, 6.45) is -0.259. The number of aliphatic hydroxyl groups excluding tert-OH is 2. The number of hydrogen-bond acceptors (Lipinski definition) is 9. The predicted molar refractivity (Wildman–Crippen MR) is 180 cm³/mol. The molecule has 1 amide bonds. The third-order valence-corrected chi connectivity index (χ3v) is 7.39. The van der Waals surface area contributed by atoms with Crippen molar-refractivity contribution in [1.82, 2.24) is 4.90 Å². The molecule has 0 spiro atoms. The molecule has 10 nitrogen and oxygen atoms in total. The Balaban J connectivity index is -0.000000926. The first-order valence-corrected chi connectivity index (χ1v) is 10.5. The number of nitrogens with zero attached hydrogens (tertiary/aromatic N) is 1. The fourth-order valence-corrected chi connectivity index (χ4v) is 5.93. The van der Waals surface area contributed by atoms with E-state index in [1.165, 1.54) is 38.1 Å². The molecule has 1 aromatic carbocycles. The molecule has 1 aromatic rings.